The van der Waals surface area contributed by atoms with Gasteiger partial charge in [0.25, 0.3) is 0 Å². The first kappa shape index (κ1) is 15.9. The number of likely N-dealkylation sites (tertiary alicyclic amines) is 1. The molecule has 0 spiro atoms. The molecule has 2 atom stereocenters. The van der Waals surface area contributed by atoms with Crippen molar-refractivity contribution >= 4 is 5.95 Å². The molecule has 3 rings (SSSR count). The van der Waals surface area contributed by atoms with Gasteiger partial charge in [0.05, 0.1) is 24.1 Å². The Labute approximate surface area is 137 Å². The summed E-state index contributed by atoms with van der Waals surface area (Å²) in [5, 5.41) is 8.17. The van der Waals surface area contributed by atoms with Gasteiger partial charge in [-0.15, -0.1) is 5.10 Å². The van der Waals surface area contributed by atoms with Gasteiger partial charge in [0.1, 0.15) is 0 Å². The van der Waals surface area contributed by atoms with Crippen LogP contribution in [-0.4, -0.2) is 81.7 Å². The molecule has 0 saturated carbocycles. The van der Waals surface area contributed by atoms with E-state index >= 15 is 0 Å². The van der Waals surface area contributed by atoms with Crippen LogP contribution in [0.5, 0.6) is 0 Å². The maximum Gasteiger partial charge on any atom is 0.204 e. The standard InChI is InChI=1S/C15H26N8/c1-19(2)13-10-22(11-14(13)23-7-6-17-18-23)9-12-8-16-15(20(3)4)21(12)5/h6-8,13-14H,9-11H2,1-5H3/t13-,14+/m1/s1. The molecule has 0 unspecified atom stereocenters. The Balaban J connectivity index is 1.75. The fourth-order valence-electron chi connectivity index (χ4n) is 3.36. The summed E-state index contributed by atoms with van der Waals surface area (Å²) in [7, 11) is 10.4. The van der Waals surface area contributed by atoms with Crippen LogP contribution in [0, 0.1) is 0 Å². The van der Waals surface area contributed by atoms with Gasteiger partial charge < -0.3 is 14.4 Å². The van der Waals surface area contributed by atoms with Crippen LogP contribution < -0.4 is 4.90 Å². The number of anilines is 1. The first-order valence-electron chi connectivity index (χ1n) is 7.90. The third kappa shape index (κ3) is 3.09. The van der Waals surface area contributed by atoms with Crippen LogP contribution in [0.4, 0.5) is 5.95 Å². The summed E-state index contributed by atoms with van der Waals surface area (Å²) in [5.74, 6) is 0.983. The Morgan fingerprint density at radius 1 is 1.22 bits per heavy atom. The Hall–Kier alpha value is -1.93. The molecule has 0 bridgehead atoms. The van der Waals surface area contributed by atoms with Crippen molar-refractivity contribution in [2.24, 2.45) is 7.05 Å². The Kier molecular flexibility index (Phi) is 4.36. The number of hydrogen-bond acceptors (Lipinski definition) is 6. The normalized spacial score (nSPS) is 22.2. The molecule has 8 nitrogen and oxygen atoms in total. The van der Waals surface area contributed by atoms with Gasteiger partial charge in [-0.25, -0.2) is 9.67 Å². The van der Waals surface area contributed by atoms with Gasteiger partial charge in [-0.2, -0.15) is 0 Å². The van der Waals surface area contributed by atoms with Gasteiger partial charge in [-0.3, -0.25) is 4.90 Å². The smallest absolute Gasteiger partial charge is 0.204 e. The zero-order valence-electron chi connectivity index (χ0n) is 14.6. The van der Waals surface area contributed by atoms with Crippen LogP contribution in [0.25, 0.3) is 0 Å². The second kappa shape index (κ2) is 6.29. The topological polar surface area (TPSA) is 58.3 Å². The number of rotatable bonds is 5. The van der Waals surface area contributed by atoms with Crippen LogP contribution in [-0.2, 0) is 13.6 Å². The van der Waals surface area contributed by atoms with Gasteiger partial charge in [0.2, 0.25) is 5.95 Å². The fraction of sp³-hybridized carbons (Fsp3) is 0.667. The van der Waals surface area contributed by atoms with E-state index in [2.05, 4.69) is 50.8 Å². The highest BCUT2D eigenvalue weighted by atomic mass is 15.5. The molecule has 2 aromatic rings. The third-order valence-electron chi connectivity index (χ3n) is 4.62. The highest BCUT2D eigenvalue weighted by molar-refractivity contribution is 5.31. The molecule has 126 valence electrons. The minimum Gasteiger partial charge on any atom is -0.348 e. The van der Waals surface area contributed by atoms with E-state index in [0.717, 1.165) is 25.6 Å². The van der Waals surface area contributed by atoms with Gasteiger partial charge >= 0.3 is 0 Å². The van der Waals surface area contributed by atoms with E-state index in [0.29, 0.717) is 12.1 Å². The average molecular weight is 318 g/mol. The lowest BCUT2D eigenvalue weighted by Crippen LogP contribution is -2.36. The molecule has 0 aromatic carbocycles. The second-order valence-electron chi connectivity index (χ2n) is 6.68. The molecule has 8 heteroatoms. The van der Waals surface area contributed by atoms with E-state index in [-0.39, 0.29) is 0 Å². The molecule has 23 heavy (non-hydrogen) atoms. The molecule has 3 heterocycles. The summed E-state index contributed by atoms with van der Waals surface area (Å²) in [6, 6.07) is 0.757. The van der Waals surface area contributed by atoms with Crippen molar-refractivity contribution in [3.8, 4) is 0 Å². The van der Waals surface area contributed by atoms with E-state index in [1.54, 1.807) is 6.20 Å². The summed E-state index contributed by atoms with van der Waals surface area (Å²) in [6.45, 7) is 2.88. The molecule has 0 N–H and O–H groups in total. The van der Waals surface area contributed by atoms with Gasteiger partial charge in [0.15, 0.2) is 0 Å². The molecular formula is C15H26N8. The van der Waals surface area contributed by atoms with Gasteiger partial charge in [-0.1, -0.05) is 5.21 Å². The number of nitrogens with zero attached hydrogens (tertiary/aromatic N) is 8. The van der Waals surface area contributed by atoms with Crippen LogP contribution in [0.3, 0.4) is 0 Å². The minimum absolute atomic E-state index is 0.328. The quantitative estimate of drug-likeness (QED) is 0.777. The van der Waals surface area contributed by atoms with Crippen molar-refractivity contribution < 1.29 is 0 Å². The van der Waals surface area contributed by atoms with Crippen molar-refractivity contribution in [1.29, 1.82) is 0 Å². The van der Waals surface area contributed by atoms with E-state index in [1.807, 2.05) is 36.1 Å². The number of hydrogen-bond donors (Lipinski definition) is 0. The second-order valence-corrected chi connectivity index (χ2v) is 6.68. The number of likely N-dealkylation sites (N-methyl/N-ethyl adjacent to an activating group) is 1. The van der Waals surface area contributed by atoms with Gasteiger partial charge in [0, 0.05) is 53.0 Å². The molecule has 0 radical (unpaired) electrons. The van der Waals surface area contributed by atoms with E-state index in [4.69, 9.17) is 0 Å². The molecule has 1 aliphatic rings. The number of imidazole rings is 1. The average Bonchev–Trinajstić information content (AvgIpc) is 3.19. The van der Waals surface area contributed by atoms with Crippen molar-refractivity contribution in [2.45, 2.75) is 18.6 Å². The van der Waals surface area contributed by atoms with Crippen molar-refractivity contribution in [3.05, 3.63) is 24.3 Å². The van der Waals surface area contributed by atoms with Crippen molar-refractivity contribution in [1.82, 2.24) is 34.3 Å². The summed E-state index contributed by atoms with van der Waals surface area (Å²) < 4.78 is 4.15. The molecule has 1 aliphatic heterocycles. The minimum atomic E-state index is 0.328. The van der Waals surface area contributed by atoms with Crippen molar-refractivity contribution in [3.63, 3.8) is 0 Å². The Morgan fingerprint density at radius 2 is 2.00 bits per heavy atom. The summed E-state index contributed by atoms with van der Waals surface area (Å²) in [6.07, 6.45) is 5.68. The van der Waals surface area contributed by atoms with Crippen LogP contribution in [0.2, 0.25) is 0 Å². The van der Waals surface area contributed by atoms with E-state index in [9.17, 15) is 0 Å². The zero-order valence-corrected chi connectivity index (χ0v) is 14.6. The lowest BCUT2D eigenvalue weighted by Gasteiger charge is -2.24. The lowest BCUT2D eigenvalue weighted by atomic mass is 10.1. The Morgan fingerprint density at radius 3 is 2.57 bits per heavy atom. The molecule has 1 saturated heterocycles. The fourth-order valence-corrected chi connectivity index (χ4v) is 3.36. The Bertz CT molecular complexity index is 630. The van der Waals surface area contributed by atoms with E-state index < -0.39 is 0 Å². The number of aromatic nitrogens is 5. The highest BCUT2D eigenvalue weighted by Gasteiger charge is 2.36. The van der Waals surface area contributed by atoms with Crippen LogP contribution in [0.1, 0.15) is 11.7 Å². The first-order chi connectivity index (χ1) is 11.0. The first-order valence-corrected chi connectivity index (χ1v) is 7.90. The molecule has 2 aromatic heterocycles. The summed E-state index contributed by atoms with van der Waals surface area (Å²) in [4.78, 5) is 11.3. The largest absolute Gasteiger partial charge is 0.348 e. The molecule has 0 aliphatic carbocycles. The molecule has 1 fully saturated rings. The molecule has 0 amide bonds. The molecular weight excluding hydrogens is 292 g/mol. The maximum absolute atomic E-state index is 4.50. The monoisotopic (exact) mass is 318 g/mol. The summed E-state index contributed by atoms with van der Waals surface area (Å²) >= 11 is 0. The van der Waals surface area contributed by atoms with Gasteiger partial charge in [-0.05, 0) is 14.1 Å². The zero-order chi connectivity index (χ0) is 16.6. The van der Waals surface area contributed by atoms with E-state index in [1.165, 1.54) is 5.69 Å². The van der Waals surface area contributed by atoms with Crippen LogP contribution in [0.15, 0.2) is 18.6 Å². The SMILES string of the molecule is CN(C)c1ncc(CN2C[C@@H](N(C)C)[C@@H](n3ccnn3)C2)n1C. The maximum atomic E-state index is 4.50. The predicted molar refractivity (Wildman–Crippen MR) is 89.3 cm³/mol. The van der Waals surface area contributed by atoms with Crippen LogP contribution >= 0.6 is 0 Å². The lowest BCUT2D eigenvalue weighted by molar-refractivity contribution is 0.236. The predicted octanol–water partition coefficient (Wildman–Crippen LogP) is 0.0647. The highest BCUT2D eigenvalue weighted by Crippen LogP contribution is 2.26. The van der Waals surface area contributed by atoms with Crippen molar-refractivity contribution in [2.75, 3.05) is 46.2 Å². The summed E-state index contributed by atoms with van der Waals surface area (Å²) in [5.41, 5.74) is 1.23. The third-order valence-corrected chi connectivity index (χ3v) is 4.62.